The monoisotopic (exact) mass is 428 g/mol. The van der Waals surface area contributed by atoms with E-state index < -0.39 is 0 Å². The molecular weight excluding hydrogens is 400 g/mol. The first kappa shape index (κ1) is 21.6. The van der Waals surface area contributed by atoms with Crippen LogP contribution in [0, 0.1) is 6.92 Å². The van der Waals surface area contributed by atoms with Crippen molar-refractivity contribution in [2.75, 3.05) is 18.5 Å². The van der Waals surface area contributed by atoms with Gasteiger partial charge in [0.05, 0.1) is 6.04 Å². The third-order valence-electron chi connectivity index (χ3n) is 5.79. The van der Waals surface area contributed by atoms with E-state index in [1.54, 1.807) is 0 Å². The van der Waals surface area contributed by atoms with Crippen LogP contribution in [-0.4, -0.2) is 29.9 Å². The number of carbonyl (C=O) groups excluding carboxylic acids is 2. The lowest BCUT2D eigenvalue weighted by Crippen LogP contribution is -2.40. The van der Waals surface area contributed by atoms with E-state index in [1.165, 1.54) is 5.56 Å². The first-order valence-electron chi connectivity index (χ1n) is 11.0. The average Bonchev–Trinajstić information content (AvgIpc) is 2.83. The minimum atomic E-state index is -0.214. The molecule has 0 aromatic heterocycles. The van der Waals surface area contributed by atoms with Crippen LogP contribution in [0.1, 0.15) is 41.6 Å². The molecule has 1 heterocycles. The Balaban J connectivity index is 1.53. The summed E-state index contributed by atoms with van der Waals surface area (Å²) >= 11 is 0. The molecule has 5 nitrogen and oxygen atoms in total. The van der Waals surface area contributed by atoms with E-state index in [1.807, 2.05) is 79.4 Å². The van der Waals surface area contributed by atoms with Gasteiger partial charge in [-0.25, -0.2) is 0 Å². The van der Waals surface area contributed by atoms with Crippen molar-refractivity contribution in [2.24, 2.45) is 0 Å². The van der Waals surface area contributed by atoms with Crippen LogP contribution in [0.2, 0.25) is 0 Å². The second-order valence-corrected chi connectivity index (χ2v) is 8.07. The molecule has 2 amide bonds. The molecular formula is C27H28N2O3. The molecule has 1 aliphatic heterocycles. The van der Waals surface area contributed by atoms with E-state index in [-0.39, 0.29) is 24.5 Å². The van der Waals surface area contributed by atoms with Crippen molar-refractivity contribution < 1.29 is 14.3 Å². The maximum absolute atomic E-state index is 12.7. The van der Waals surface area contributed by atoms with Gasteiger partial charge in [-0.15, -0.1) is 0 Å². The van der Waals surface area contributed by atoms with Gasteiger partial charge in [-0.05, 0) is 54.3 Å². The highest BCUT2D eigenvalue weighted by atomic mass is 16.5. The number of amides is 2. The van der Waals surface area contributed by atoms with E-state index in [2.05, 4.69) is 17.4 Å². The first-order valence-corrected chi connectivity index (χ1v) is 11.0. The standard InChI is InChI=1S/C27H28N2O3/c1-3-26(31)29-16-15-20-11-14-23(17-24(20)27(29)21-7-5-4-6-8-21)32-18-25(30)28-22-12-9-19(2)10-13-22/h4-14,17,27H,3,15-16,18H2,1-2H3,(H,28,30). The third kappa shape index (κ3) is 4.83. The quantitative estimate of drug-likeness (QED) is 0.608. The summed E-state index contributed by atoms with van der Waals surface area (Å²) in [7, 11) is 0. The number of rotatable bonds is 6. The van der Waals surface area contributed by atoms with Crippen LogP contribution in [0.3, 0.4) is 0 Å². The number of fused-ring (bicyclic) bond motifs is 1. The molecule has 3 aromatic rings. The lowest BCUT2D eigenvalue weighted by atomic mass is 9.87. The van der Waals surface area contributed by atoms with Crippen LogP contribution in [0.5, 0.6) is 5.75 Å². The maximum atomic E-state index is 12.7. The van der Waals surface area contributed by atoms with Gasteiger partial charge in [0.25, 0.3) is 5.91 Å². The molecule has 32 heavy (non-hydrogen) atoms. The summed E-state index contributed by atoms with van der Waals surface area (Å²) < 4.78 is 5.82. The minimum Gasteiger partial charge on any atom is -0.484 e. The lowest BCUT2D eigenvalue weighted by Gasteiger charge is -2.38. The number of nitrogens with zero attached hydrogens (tertiary/aromatic N) is 1. The van der Waals surface area contributed by atoms with Gasteiger partial charge in [-0.2, -0.15) is 0 Å². The van der Waals surface area contributed by atoms with Crippen molar-refractivity contribution >= 4 is 17.5 Å². The molecule has 4 rings (SSSR count). The van der Waals surface area contributed by atoms with E-state index in [0.717, 1.165) is 28.8 Å². The molecule has 1 unspecified atom stereocenters. The normalized spacial score (nSPS) is 15.1. The number of benzene rings is 3. The predicted molar refractivity (Wildman–Crippen MR) is 126 cm³/mol. The highest BCUT2D eigenvalue weighted by Gasteiger charge is 2.31. The molecule has 0 radical (unpaired) electrons. The van der Waals surface area contributed by atoms with Gasteiger partial charge in [-0.1, -0.05) is 61.0 Å². The van der Waals surface area contributed by atoms with Gasteiger partial charge < -0.3 is 15.0 Å². The van der Waals surface area contributed by atoms with Crippen LogP contribution in [0.25, 0.3) is 0 Å². The second-order valence-electron chi connectivity index (χ2n) is 8.07. The number of carbonyl (C=O) groups is 2. The Morgan fingerprint density at radius 3 is 2.50 bits per heavy atom. The van der Waals surface area contributed by atoms with E-state index in [4.69, 9.17) is 4.74 Å². The summed E-state index contributed by atoms with van der Waals surface area (Å²) in [6.45, 7) is 4.51. The fourth-order valence-electron chi connectivity index (χ4n) is 4.13. The molecule has 1 atom stereocenters. The number of aryl methyl sites for hydroxylation is 1. The van der Waals surface area contributed by atoms with Crippen LogP contribution < -0.4 is 10.1 Å². The van der Waals surface area contributed by atoms with E-state index in [9.17, 15) is 9.59 Å². The topological polar surface area (TPSA) is 58.6 Å². The maximum Gasteiger partial charge on any atom is 0.262 e. The van der Waals surface area contributed by atoms with Crippen molar-refractivity contribution in [1.82, 2.24) is 4.90 Å². The number of ether oxygens (including phenoxy) is 1. The largest absolute Gasteiger partial charge is 0.484 e. The average molecular weight is 429 g/mol. The Labute approximate surface area is 189 Å². The van der Waals surface area contributed by atoms with Gasteiger partial charge in [0.15, 0.2) is 6.61 Å². The Kier molecular flexibility index (Phi) is 6.55. The number of nitrogens with one attached hydrogen (secondary N) is 1. The molecule has 3 aromatic carbocycles. The molecule has 1 N–H and O–H groups in total. The Morgan fingerprint density at radius 1 is 1.03 bits per heavy atom. The minimum absolute atomic E-state index is 0.0831. The summed E-state index contributed by atoms with van der Waals surface area (Å²) in [5, 5.41) is 2.85. The fourth-order valence-corrected chi connectivity index (χ4v) is 4.13. The molecule has 0 bridgehead atoms. The molecule has 1 aliphatic rings. The molecule has 0 aliphatic carbocycles. The molecule has 0 fully saturated rings. The molecule has 164 valence electrons. The van der Waals surface area contributed by atoms with Gasteiger partial charge >= 0.3 is 0 Å². The van der Waals surface area contributed by atoms with Crippen molar-refractivity contribution in [3.63, 3.8) is 0 Å². The van der Waals surface area contributed by atoms with E-state index in [0.29, 0.717) is 18.7 Å². The van der Waals surface area contributed by atoms with Gasteiger partial charge in [0, 0.05) is 18.7 Å². The van der Waals surface area contributed by atoms with E-state index >= 15 is 0 Å². The Bertz CT molecular complexity index is 1090. The first-order chi connectivity index (χ1) is 15.5. The van der Waals surface area contributed by atoms with Crippen molar-refractivity contribution in [3.8, 4) is 5.75 Å². The van der Waals surface area contributed by atoms with Crippen LogP contribution >= 0.6 is 0 Å². The molecule has 0 spiro atoms. The number of hydrogen-bond donors (Lipinski definition) is 1. The van der Waals surface area contributed by atoms with Crippen molar-refractivity contribution in [3.05, 3.63) is 95.1 Å². The van der Waals surface area contributed by atoms with Gasteiger partial charge in [0.1, 0.15) is 5.75 Å². The smallest absolute Gasteiger partial charge is 0.262 e. The highest BCUT2D eigenvalue weighted by Crippen LogP contribution is 2.37. The van der Waals surface area contributed by atoms with Gasteiger partial charge in [0.2, 0.25) is 5.91 Å². The summed E-state index contributed by atoms with van der Waals surface area (Å²) in [4.78, 5) is 27.0. The second kappa shape index (κ2) is 9.69. The zero-order chi connectivity index (χ0) is 22.5. The highest BCUT2D eigenvalue weighted by molar-refractivity contribution is 5.91. The molecule has 5 heteroatoms. The van der Waals surface area contributed by atoms with Crippen LogP contribution in [0.4, 0.5) is 5.69 Å². The summed E-state index contributed by atoms with van der Waals surface area (Å²) in [6.07, 6.45) is 1.27. The van der Waals surface area contributed by atoms with Crippen molar-refractivity contribution in [2.45, 2.75) is 32.7 Å². The molecule has 0 saturated carbocycles. The number of hydrogen-bond acceptors (Lipinski definition) is 3. The third-order valence-corrected chi connectivity index (χ3v) is 5.79. The van der Waals surface area contributed by atoms with Crippen LogP contribution in [0.15, 0.2) is 72.8 Å². The Morgan fingerprint density at radius 2 is 1.78 bits per heavy atom. The Hall–Kier alpha value is -3.60. The zero-order valence-electron chi connectivity index (χ0n) is 18.5. The lowest BCUT2D eigenvalue weighted by molar-refractivity contribution is -0.132. The number of anilines is 1. The summed E-state index contributed by atoms with van der Waals surface area (Å²) in [5.41, 5.74) is 5.21. The van der Waals surface area contributed by atoms with Crippen molar-refractivity contribution in [1.29, 1.82) is 0 Å². The molecule has 0 saturated heterocycles. The fraction of sp³-hybridized carbons (Fsp3) is 0.259. The SMILES string of the molecule is CCC(=O)N1CCc2ccc(OCC(=O)Nc3ccc(C)cc3)cc2C1c1ccccc1. The summed E-state index contributed by atoms with van der Waals surface area (Å²) in [6, 6.07) is 23.5. The van der Waals surface area contributed by atoms with Crippen LogP contribution in [-0.2, 0) is 16.0 Å². The van der Waals surface area contributed by atoms with Gasteiger partial charge in [-0.3, -0.25) is 9.59 Å². The predicted octanol–water partition coefficient (Wildman–Crippen LogP) is 4.90. The zero-order valence-corrected chi connectivity index (χ0v) is 18.5. The summed E-state index contributed by atoms with van der Waals surface area (Å²) in [5.74, 6) is 0.539.